The summed E-state index contributed by atoms with van der Waals surface area (Å²) in [5, 5.41) is 25.7. The molecule has 0 radical (unpaired) electrons. The Kier molecular flexibility index (Phi) is 5.85. The van der Waals surface area contributed by atoms with Gasteiger partial charge in [0.2, 0.25) is 0 Å². The van der Waals surface area contributed by atoms with Gasteiger partial charge >= 0.3 is 11.9 Å². The molecule has 4 N–H and O–H groups in total. The highest BCUT2D eigenvalue weighted by molar-refractivity contribution is 5.99. The third-order valence-electron chi connectivity index (χ3n) is 4.94. The first-order valence-electron chi connectivity index (χ1n) is 9.90. The summed E-state index contributed by atoms with van der Waals surface area (Å²) in [5.41, 5.74) is 3.84. The van der Waals surface area contributed by atoms with E-state index in [9.17, 15) is 19.8 Å². The fourth-order valence-electron chi connectivity index (χ4n) is 3.37. The van der Waals surface area contributed by atoms with Gasteiger partial charge in [-0.2, -0.15) is 0 Å². The molecule has 0 saturated heterocycles. The average molecular weight is 424 g/mol. The average Bonchev–Trinajstić information content (AvgIpc) is 2.81. The van der Waals surface area contributed by atoms with Gasteiger partial charge in [-0.25, -0.2) is 9.59 Å². The molecule has 6 heteroatoms. The van der Waals surface area contributed by atoms with Crippen molar-refractivity contribution in [3.8, 4) is 11.1 Å². The summed E-state index contributed by atoms with van der Waals surface area (Å²) in [6, 6.07) is 28.5. The van der Waals surface area contributed by atoms with Crippen molar-refractivity contribution in [3.63, 3.8) is 0 Å². The van der Waals surface area contributed by atoms with Gasteiger partial charge in [-0.15, -0.1) is 0 Å². The number of anilines is 4. The number of carboxylic acids is 2. The van der Waals surface area contributed by atoms with Crippen LogP contribution in [0, 0.1) is 0 Å². The molecule has 0 aliphatic carbocycles. The second-order valence-electron chi connectivity index (χ2n) is 7.11. The van der Waals surface area contributed by atoms with Crippen LogP contribution in [0.25, 0.3) is 11.1 Å². The number of carboxylic acid groups (broad SMARTS) is 2. The Morgan fingerprint density at radius 3 is 1.25 bits per heavy atom. The first kappa shape index (κ1) is 20.7. The Morgan fingerprint density at radius 1 is 0.531 bits per heavy atom. The third-order valence-corrected chi connectivity index (χ3v) is 4.94. The van der Waals surface area contributed by atoms with Crippen LogP contribution in [-0.2, 0) is 0 Å². The van der Waals surface area contributed by atoms with E-state index in [-0.39, 0.29) is 11.1 Å². The van der Waals surface area contributed by atoms with E-state index >= 15 is 0 Å². The number of hydrogen-bond donors (Lipinski definition) is 4. The Balaban J connectivity index is 1.69. The van der Waals surface area contributed by atoms with Gasteiger partial charge in [0.25, 0.3) is 0 Å². The maximum absolute atomic E-state index is 11.9. The van der Waals surface area contributed by atoms with Gasteiger partial charge < -0.3 is 20.8 Å². The zero-order valence-corrected chi connectivity index (χ0v) is 16.9. The molecule has 158 valence electrons. The van der Waals surface area contributed by atoms with Gasteiger partial charge in [-0.1, -0.05) is 48.5 Å². The second-order valence-corrected chi connectivity index (χ2v) is 7.11. The van der Waals surface area contributed by atoms with Gasteiger partial charge in [0, 0.05) is 11.4 Å². The van der Waals surface area contributed by atoms with Crippen molar-refractivity contribution < 1.29 is 19.8 Å². The standard InChI is InChI=1S/C26H20N2O4/c29-25(30)21-15-17(11-13-23(21)27-19-7-3-1-4-8-19)18-12-14-24(22(16-18)26(31)32)28-20-9-5-2-6-10-20/h1-16,27-28H,(H,29,30)(H,31,32). The molecule has 0 bridgehead atoms. The highest BCUT2D eigenvalue weighted by Crippen LogP contribution is 2.31. The first-order valence-corrected chi connectivity index (χ1v) is 9.90. The summed E-state index contributed by atoms with van der Waals surface area (Å²) in [5.74, 6) is -2.16. The van der Waals surface area contributed by atoms with E-state index in [1.54, 1.807) is 36.4 Å². The predicted molar refractivity (Wildman–Crippen MR) is 125 cm³/mol. The van der Waals surface area contributed by atoms with E-state index < -0.39 is 11.9 Å². The van der Waals surface area contributed by atoms with Gasteiger partial charge in [-0.05, 0) is 59.7 Å². The van der Waals surface area contributed by atoms with Crippen molar-refractivity contribution in [1.29, 1.82) is 0 Å². The van der Waals surface area contributed by atoms with E-state index in [4.69, 9.17) is 0 Å². The van der Waals surface area contributed by atoms with E-state index in [1.807, 2.05) is 60.7 Å². The van der Waals surface area contributed by atoms with Crippen LogP contribution >= 0.6 is 0 Å². The molecule has 0 atom stereocenters. The first-order chi connectivity index (χ1) is 15.5. The second kappa shape index (κ2) is 9.06. The van der Waals surface area contributed by atoms with Crippen LogP contribution in [0.4, 0.5) is 22.7 Å². The molecule has 0 fully saturated rings. The van der Waals surface area contributed by atoms with Crippen LogP contribution in [0.2, 0.25) is 0 Å². The van der Waals surface area contributed by atoms with Crippen LogP contribution < -0.4 is 10.6 Å². The molecular formula is C26H20N2O4. The number of rotatable bonds is 7. The molecule has 0 aliphatic heterocycles. The van der Waals surface area contributed by atoms with Gasteiger partial charge in [0.05, 0.1) is 22.5 Å². The van der Waals surface area contributed by atoms with Crippen molar-refractivity contribution in [2.24, 2.45) is 0 Å². The fourth-order valence-corrected chi connectivity index (χ4v) is 3.37. The minimum absolute atomic E-state index is 0.0923. The monoisotopic (exact) mass is 424 g/mol. The fraction of sp³-hybridized carbons (Fsp3) is 0. The van der Waals surface area contributed by atoms with E-state index in [0.717, 1.165) is 11.4 Å². The molecule has 0 saturated carbocycles. The topological polar surface area (TPSA) is 98.7 Å². The Hall–Kier alpha value is -4.58. The SMILES string of the molecule is O=C(O)c1cc(-c2ccc(Nc3ccccc3)c(C(=O)O)c2)ccc1Nc1ccccc1. The molecule has 0 aliphatic rings. The molecule has 0 amide bonds. The van der Waals surface area contributed by atoms with Crippen molar-refractivity contribution in [2.45, 2.75) is 0 Å². The van der Waals surface area contributed by atoms with E-state index in [0.29, 0.717) is 22.5 Å². The summed E-state index contributed by atoms with van der Waals surface area (Å²) < 4.78 is 0. The lowest BCUT2D eigenvalue weighted by molar-refractivity contribution is 0.0687. The summed E-state index contributed by atoms with van der Waals surface area (Å²) in [7, 11) is 0. The molecule has 0 unspecified atom stereocenters. The molecule has 0 heterocycles. The smallest absolute Gasteiger partial charge is 0.337 e. The summed E-state index contributed by atoms with van der Waals surface area (Å²) in [6.07, 6.45) is 0. The lowest BCUT2D eigenvalue weighted by atomic mass is 9.98. The molecule has 0 spiro atoms. The van der Waals surface area contributed by atoms with Gasteiger partial charge in [0.1, 0.15) is 0 Å². The molecule has 0 aromatic heterocycles. The minimum Gasteiger partial charge on any atom is -0.478 e. The Bertz CT molecular complexity index is 1170. The Morgan fingerprint density at radius 2 is 0.906 bits per heavy atom. The number of aromatic carboxylic acids is 2. The Labute approximate surface area is 184 Å². The van der Waals surface area contributed by atoms with Crippen molar-refractivity contribution >= 4 is 34.7 Å². The molecule has 4 aromatic rings. The zero-order chi connectivity index (χ0) is 22.5. The maximum atomic E-state index is 11.9. The number of para-hydroxylation sites is 2. The van der Waals surface area contributed by atoms with Crippen molar-refractivity contribution in [2.75, 3.05) is 10.6 Å². The molecule has 32 heavy (non-hydrogen) atoms. The van der Waals surface area contributed by atoms with Crippen molar-refractivity contribution in [3.05, 3.63) is 108 Å². The van der Waals surface area contributed by atoms with Gasteiger partial charge in [0.15, 0.2) is 0 Å². The lowest BCUT2D eigenvalue weighted by Crippen LogP contribution is -2.04. The highest BCUT2D eigenvalue weighted by atomic mass is 16.4. The number of carbonyl (C=O) groups is 2. The summed E-state index contributed by atoms with van der Waals surface area (Å²) in [6.45, 7) is 0. The minimum atomic E-state index is -1.08. The molecule has 4 aromatic carbocycles. The quantitative estimate of drug-likeness (QED) is 0.280. The largest absolute Gasteiger partial charge is 0.478 e. The number of benzene rings is 4. The van der Waals surface area contributed by atoms with Crippen LogP contribution in [0.1, 0.15) is 20.7 Å². The number of hydrogen-bond acceptors (Lipinski definition) is 4. The van der Waals surface area contributed by atoms with Crippen LogP contribution in [0.5, 0.6) is 0 Å². The normalized spacial score (nSPS) is 10.4. The predicted octanol–water partition coefficient (Wildman–Crippen LogP) is 6.24. The van der Waals surface area contributed by atoms with E-state index in [1.165, 1.54) is 0 Å². The zero-order valence-electron chi connectivity index (χ0n) is 16.9. The third kappa shape index (κ3) is 4.60. The lowest BCUT2D eigenvalue weighted by Gasteiger charge is -2.14. The maximum Gasteiger partial charge on any atom is 0.337 e. The van der Waals surface area contributed by atoms with Crippen molar-refractivity contribution in [1.82, 2.24) is 0 Å². The molecule has 4 rings (SSSR count). The number of nitrogens with one attached hydrogen (secondary N) is 2. The van der Waals surface area contributed by atoms with E-state index in [2.05, 4.69) is 10.6 Å². The molecular weight excluding hydrogens is 404 g/mol. The van der Waals surface area contributed by atoms with Crippen LogP contribution in [-0.4, -0.2) is 22.2 Å². The van der Waals surface area contributed by atoms with Gasteiger partial charge in [-0.3, -0.25) is 0 Å². The highest BCUT2D eigenvalue weighted by Gasteiger charge is 2.15. The molecule has 6 nitrogen and oxygen atoms in total. The van der Waals surface area contributed by atoms with Crippen LogP contribution in [0.3, 0.4) is 0 Å². The summed E-state index contributed by atoms with van der Waals surface area (Å²) >= 11 is 0. The van der Waals surface area contributed by atoms with Crippen LogP contribution in [0.15, 0.2) is 97.1 Å². The summed E-state index contributed by atoms with van der Waals surface area (Å²) in [4.78, 5) is 23.8.